The maximum absolute atomic E-state index is 10.7. The van der Waals surface area contributed by atoms with Crippen LogP contribution in [0.4, 0.5) is 13.2 Å². The fraction of sp³-hybridized carbons (Fsp3) is 0.333. The Bertz CT molecular complexity index is 861. The van der Waals surface area contributed by atoms with Crippen molar-refractivity contribution in [2.45, 2.75) is 43.0 Å². The van der Waals surface area contributed by atoms with Gasteiger partial charge < -0.3 is 4.55 Å². The third-order valence-electron chi connectivity index (χ3n) is 4.14. The molecule has 2 aromatic rings. The van der Waals surface area contributed by atoms with Crippen LogP contribution in [0.25, 0.3) is 0 Å². The maximum atomic E-state index is 10.7. The van der Waals surface area contributed by atoms with E-state index in [4.69, 9.17) is 13.0 Å². The van der Waals surface area contributed by atoms with Gasteiger partial charge in [-0.1, -0.05) is 18.2 Å². The van der Waals surface area contributed by atoms with Gasteiger partial charge in [0.05, 0.1) is 10.9 Å². The Balaban J connectivity index is 0.000000359. The minimum atomic E-state index is -6.09. The Labute approximate surface area is 155 Å². The van der Waals surface area contributed by atoms with Crippen LogP contribution in [0.2, 0.25) is 0 Å². The van der Waals surface area contributed by atoms with Crippen molar-refractivity contribution in [1.82, 2.24) is 0 Å². The highest BCUT2D eigenvalue weighted by Gasteiger charge is 2.36. The molecule has 0 aliphatic rings. The number of hydrogen-bond donors (Lipinski definition) is 0. The molecule has 0 spiro atoms. The summed E-state index contributed by atoms with van der Waals surface area (Å²) in [5.41, 5.74) is 0.0882. The van der Waals surface area contributed by atoms with Crippen molar-refractivity contribution in [2.24, 2.45) is 0 Å². The predicted octanol–water partition coefficient (Wildman–Crippen LogP) is 4.64. The lowest BCUT2D eigenvalue weighted by Gasteiger charge is -2.12. The molecule has 0 fully saturated rings. The Morgan fingerprint density at radius 2 is 1.38 bits per heavy atom. The van der Waals surface area contributed by atoms with E-state index in [1.165, 1.54) is 32.0 Å². The highest BCUT2D eigenvalue weighted by atomic mass is 32.2. The Morgan fingerprint density at radius 1 is 0.923 bits per heavy atom. The Kier molecular flexibility index (Phi) is 7.33. The summed E-state index contributed by atoms with van der Waals surface area (Å²) < 4.78 is 58.9. The summed E-state index contributed by atoms with van der Waals surface area (Å²) in [7, 11) is -5.93. The van der Waals surface area contributed by atoms with Crippen LogP contribution in [0.3, 0.4) is 0 Å². The average molecular weight is 406 g/mol. The molecule has 2 rings (SSSR count). The third-order valence-corrected chi connectivity index (χ3v) is 6.77. The zero-order chi connectivity index (χ0) is 20.3. The predicted molar refractivity (Wildman–Crippen MR) is 97.4 cm³/mol. The largest absolute Gasteiger partial charge is 0.741 e. The van der Waals surface area contributed by atoms with Gasteiger partial charge in [-0.2, -0.15) is 13.2 Å². The topological polar surface area (TPSA) is 57.2 Å². The second-order valence-electron chi connectivity index (χ2n) is 5.79. The van der Waals surface area contributed by atoms with Gasteiger partial charge in [0, 0.05) is 5.56 Å². The zero-order valence-electron chi connectivity index (χ0n) is 15.1. The summed E-state index contributed by atoms with van der Waals surface area (Å²) >= 11 is 0. The fourth-order valence-corrected chi connectivity index (χ4v) is 4.03. The van der Waals surface area contributed by atoms with Gasteiger partial charge in [-0.3, -0.25) is 0 Å². The van der Waals surface area contributed by atoms with E-state index in [2.05, 4.69) is 70.3 Å². The summed E-state index contributed by atoms with van der Waals surface area (Å²) in [5.74, 6) is 0. The van der Waals surface area contributed by atoms with Crippen LogP contribution >= 0.6 is 0 Å². The molecule has 0 radical (unpaired) electrons. The molecule has 0 heterocycles. The van der Waals surface area contributed by atoms with E-state index in [1.54, 1.807) is 0 Å². The van der Waals surface area contributed by atoms with Gasteiger partial charge in [0.15, 0.2) is 19.9 Å². The molecule has 3 nitrogen and oxygen atoms in total. The van der Waals surface area contributed by atoms with Crippen molar-refractivity contribution in [3.05, 3.63) is 58.7 Å². The first kappa shape index (κ1) is 22.5. The van der Waals surface area contributed by atoms with Crippen molar-refractivity contribution < 1.29 is 26.1 Å². The van der Waals surface area contributed by atoms with Crippen LogP contribution < -0.4 is 0 Å². The standard InChI is InChI=1S/C17H21S.CHF3O3S/c1-12-11-17(15(4)14(3)13(12)2)18(5)16-9-7-6-8-10-16;2-1(3,4)8(5,6)7/h6-11H,1-5H3;(H,5,6,7)/q+1;/p-1. The number of aryl methyl sites for hydroxylation is 1. The van der Waals surface area contributed by atoms with Crippen molar-refractivity contribution in [3.63, 3.8) is 0 Å². The number of hydrogen-bond acceptors (Lipinski definition) is 3. The number of alkyl halides is 3. The molecule has 0 N–H and O–H groups in total. The molecule has 0 saturated heterocycles. The first-order valence-electron chi connectivity index (χ1n) is 7.58. The normalized spacial score (nSPS) is 13.0. The quantitative estimate of drug-likeness (QED) is 0.415. The summed E-state index contributed by atoms with van der Waals surface area (Å²) in [4.78, 5) is 2.91. The second-order valence-corrected chi connectivity index (χ2v) is 9.09. The van der Waals surface area contributed by atoms with E-state index < -0.39 is 15.6 Å². The number of halogens is 3. The highest BCUT2D eigenvalue weighted by molar-refractivity contribution is 7.96. The molecule has 1 atom stereocenters. The molecule has 0 amide bonds. The van der Waals surface area contributed by atoms with Crippen LogP contribution in [0.1, 0.15) is 22.3 Å². The van der Waals surface area contributed by atoms with Crippen LogP contribution in [0.15, 0.2) is 46.2 Å². The van der Waals surface area contributed by atoms with Crippen molar-refractivity contribution in [2.75, 3.05) is 6.26 Å². The molecule has 26 heavy (non-hydrogen) atoms. The molecule has 1 unspecified atom stereocenters. The SMILES string of the molecule is Cc1cc([S+](C)c2ccccc2)c(C)c(C)c1C.O=S(=O)([O-])C(F)(F)F. The number of benzene rings is 2. The Hall–Kier alpha value is -1.51. The lowest BCUT2D eigenvalue weighted by Crippen LogP contribution is -2.21. The summed E-state index contributed by atoms with van der Waals surface area (Å²) in [6.07, 6.45) is 2.33. The summed E-state index contributed by atoms with van der Waals surface area (Å²) in [5, 5.41) is 0. The van der Waals surface area contributed by atoms with Crippen LogP contribution in [-0.2, 0) is 21.0 Å². The van der Waals surface area contributed by atoms with Gasteiger partial charge in [-0.15, -0.1) is 0 Å². The van der Waals surface area contributed by atoms with Gasteiger partial charge in [-0.05, 0) is 62.6 Å². The van der Waals surface area contributed by atoms with Crippen LogP contribution in [-0.4, -0.2) is 24.7 Å². The van der Waals surface area contributed by atoms with Crippen LogP contribution in [0, 0.1) is 27.7 Å². The molecule has 0 bridgehead atoms. The van der Waals surface area contributed by atoms with Gasteiger partial charge in [0.25, 0.3) is 0 Å². The van der Waals surface area contributed by atoms with Gasteiger partial charge >= 0.3 is 5.51 Å². The van der Waals surface area contributed by atoms with E-state index in [-0.39, 0.29) is 10.9 Å². The molecular formula is C18H21F3O3S2. The summed E-state index contributed by atoms with van der Waals surface area (Å²) in [6, 6.07) is 13.2. The lowest BCUT2D eigenvalue weighted by atomic mass is 10.00. The lowest BCUT2D eigenvalue weighted by molar-refractivity contribution is -0.0517. The molecule has 0 aliphatic heterocycles. The molecule has 2 aromatic carbocycles. The third kappa shape index (κ3) is 5.49. The van der Waals surface area contributed by atoms with Crippen molar-refractivity contribution >= 4 is 21.0 Å². The van der Waals surface area contributed by atoms with Crippen molar-refractivity contribution in [1.29, 1.82) is 0 Å². The van der Waals surface area contributed by atoms with Crippen molar-refractivity contribution in [3.8, 4) is 0 Å². The smallest absolute Gasteiger partial charge is 0.485 e. The fourth-order valence-electron chi connectivity index (χ4n) is 2.24. The second kappa shape index (κ2) is 8.45. The van der Waals surface area contributed by atoms with E-state index in [9.17, 15) is 13.2 Å². The summed E-state index contributed by atoms with van der Waals surface area (Å²) in [6.45, 7) is 8.93. The van der Waals surface area contributed by atoms with E-state index >= 15 is 0 Å². The van der Waals surface area contributed by atoms with Gasteiger partial charge in [0.2, 0.25) is 0 Å². The van der Waals surface area contributed by atoms with E-state index in [1.807, 2.05) is 0 Å². The Morgan fingerprint density at radius 3 is 1.81 bits per heavy atom. The molecular weight excluding hydrogens is 385 g/mol. The van der Waals surface area contributed by atoms with Gasteiger partial charge in [0.1, 0.15) is 6.26 Å². The minimum absolute atomic E-state index is 0.163. The molecule has 0 aromatic heterocycles. The first-order chi connectivity index (χ1) is 11.8. The van der Waals surface area contributed by atoms with Crippen LogP contribution in [0.5, 0.6) is 0 Å². The molecule has 0 aliphatic carbocycles. The molecule has 144 valence electrons. The van der Waals surface area contributed by atoms with Gasteiger partial charge in [-0.25, -0.2) is 8.42 Å². The first-order valence-corrected chi connectivity index (χ1v) is 10.6. The highest BCUT2D eigenvalue weighted by Crippen LogP contribution is 2.29. The zero-order valence-corrected chi connectivity index (χ0v) is 16.8. The monoisotopic (exact) mass is 406 g/mol. The number of rotatable bonds is 2. The average Bonchev–Trinajstić information content (AvgIpc) is 2.55. The molecule has 8 heteroatoms. The maximum Gasteiger partial charge on any atom is 0.485 e. The van der Waals surface area contributed by atoms with E-state index in [0.29, 0.717) is 0 Å². The minimum Gasteiger partial charge on any atom is -0.741 e. The van der Waals surface area contributed by atoms with E-state index in [0.717, 1.165) is 0 Å². The molecule has 0 saturated carbocycles.